The van der Waals surface area contributed by atoms with Crippen LogP contribution >= 0.6 is 11.3 Å². The molecule has 1 heterocycles. The molecule has 18 heavy (non-hydrogen) atoms. The van der Waals surface area contributed by atoms with Crippen LogP contribution in [-0.2, 0) is 0 Å². The van der Waals surface area contributed by atoms with Crippen molar-refractivity contribution in [3.63, 3.8) is 0 Å². The molecule has 4 nitrogen and oxygen atoms in total. The summed E-state index contributed by atoms with van der Waals surface area (Å²) >= 11 is 1.33. The number of methoxy groups -OCH3 is 2. The van der Waals surface area contributed by atoms with Crippen molar-refractivity contribution >= 4 is 17.1 Å². The van der Waals surface area contributed by atoms with Crippen LogP contribution in [0.5, 0.6) is 11.5 Å². The molecule has 0 bridgehead atoms. The Morgan fingerprint density at radius 3 is 2.61 bits per heavy atom. The van der Waals surface area contributed by atoms with E-state index in [4.69, 9.17) is 9.47 Å². The summed E-state index contributed by atoms with van der Waals surface area (Å²) in [5.74, 6) is 1.40. The minimum absolute atomic E-state index is 0.0342. The summed E-state index contributed by atoms with van der Waals surface area (Å²) in [6.07, 6.45) is 0. The fourth-order valence-electron chi connectivity index (χ4n) is 1.57. The smallest absolute Gasteiger partial charge is 0.188 e. The van der Waals surface area contributed by atoms with Gasteiger partial charge in [-0.25, -0.2) is 4.98 Å². The predicted molar refractivity (Wildman–Crippen MR) is 70.7 cm³/mol. The molecule has 2 rings (SSSR count). The average molecular weight is 263 g/mol. The summed E-state index contributed by atoms with van der Waals surface area (Å²) in [7, 11) is 3.21. The molecule has 0 unspecified atom stereocenters. The lowest BCUT2D eigenvalue weighted by atomic mass is 10.1. The number of carbonyl (C=O) groups is 1. The third-order valence-corrected chi connectivity index (χ3v) is 3.43. The van der Waals surface area contributed by atoms with Crippen LogP contribution in [0.4, 0.5) is 0 Å². The molecule has 94 valence electrons. The highest BCUT2D eigenvalue weighted by atomic mass is 32.1. The number of carbonyl (C=O) groups excluding carboxylic acids is 1. The van der Waals surface area contributed by atoms with Crippen LogP contribution in [0.25, 0.3) is 11.3 Å². The predicted octanol–water partition coefficient (Wildman–Crippen LogP) is 3.03. The van der Waals surface area contributed by atoms with E-state index in [1.807, 2.05) is 23.6 Å². The van der Waals surface area contributed by atoms with Crippen LogP contribution in [0.15, 0.2) is 23.6 Å². The second-order valence-corrected chi connectivity index (χ2v) is 4.52. The molecule has 0 saturated heterocycles. The fraction of sp³-hybridized carbons (Fsp3) is 0.231. The van der Waals surface area contributed by atoms with Gasteiger partial charge in [0.05, 0.1) is 19.9 Å². The van der Waals surface area contributed by atoms with Gasteiger partial charge >= 0.3 is 0 Å². The lowest BCUT2D eigenvalue weighted by Gasteiger charge is -2.08. The molecule has 0 spiro atoms. The number of hydrogen-bond acceptors (Lipinski definition) is 5. The lowest BCUT2D eigenvalue weighted by molar-refractivity contribution is 0.101. The van der Waals surface area contributed by atoms with Gasteiger partial charge in [-0.2, -0.15) is 0 Å². The van der Waals surface area contributed by atoms with Gasteiger partial charge in [-0.1, -0.05) is 0 Å². The van der Waals surface area contributed by atoms with E-state index in [-0.39, 0.29) is 5.78 Å². The molecule has 2 aromatic rings. The molecule has 1 aromatic heterocycles. The third kappa shape index (κ3) is 2.36. The Hall–Kier alpha value is -1.88. The Labute approximate surface area is 109 Å². The largest absolute Gasteiger partial charge is 0.497 e. The van der Waals surface area contributed by atoms with Crippen molar-refractivity contribution in [1.82, 2.24) is 4.98 Å². The Bertz CT molecular complexity index is 577. The molecule has 0 radical (unpaired) electrons. The summed E-state index contributed by atoms with van der Waals surface area (Å²) in [6.45, 7) is 1.51. The standard InChI is InChI=1S/C13H13NO3S/c1-8(15)13-14-11(7-18-13)10-6-9(16-2)4-5-12(10)17-3/h4-7H,1-3H3. The van der Waals surface area contributed by atoms with Gasteiger partial charge in [0.25, 0.3) is 0 Å². The molecule has 0 aliphatic heterocycles. The normalized spacial score (nSPS) is 10.2. The zero-order valence-corrected chi connectivity index (χ0v) is 11.2. The monoisotopic (exact) mass is 263 g/mol. The van der Waals surface area contributed by atoms with Crippen LogP contribution in [0, 0.1) is 0 Å². The summed E-state index contributed by atoms with van der Waals surface area (Å²) in [6, 6.07) is 5.49. The van der Waals surface area contributed by atoms with Crippen molar-refractivity contribution < 1.29 is 14.3 Å². The summed E-state index contributed by atoms with van der Waals surface area (Å²) < 4.78 is 10.5. The van der Waals surface area contributed by atoms with E-state index in [9.17, 15) is 4.79 Å². The lowest BCUT2D eigenvalue weighted by Crippen LogP contribution is -1.93. The Kier molecular flexibility index (Phi) is 3.62. The van der Waals surface area contributed by atoms with Gasteiger partial charge in [0.1, 0.15) is 11.5 Å². The maximum atomic E-state index is 11.3. The number of aromatic nitrogens is 1. The molecule has 0 fully saturated rings. The number of ketones is 1. The first-order chi connectivity index (χ1) is 8.65. The van der Waals surface area contributed by atoms with E-state index in [0.29, 0.717) is 10.8 Å². The van der Waals surface area contributed by atoms with Crippen molar-refractivity contribution in [3.8, 4) is 22.8 Å². The van der Waals surface area contributed by atoms with Gasteiger partial charge in [0.15, 0.2) is 10.8 Å². The number of nitrogens with zero attached hydrogens (tertiary/aromatic N) is 1. The first-order valence-electron chi connectivity index (χ1n) is 5.34. The van der Waals surface area contributed by atoms with Crippen molar-refractivity contribution in [2.24, 2.45) is 0 Å². The van der Waals surface area contributed by atoms with E-state index in [1.165, 1.54) is 18.3 Å². The highest BCUT2D eigenvalue weighted by Gasteiger charge is 2.13. The van der Waals surface area contributed by atoms with Gasteiger partial charge in [-0.3, -0.25) is 4.79 Å². The molecule has 0 amide bonds. The van der Waals surface area contributed by atoms with Crippen molar-refractivity contribution in [2.45, 2.75) is 6.92 Å². The van der Waals surface area contributed by atoms with Crippen molar-refractivity contribution in [2.75, 3.05) is 14.2 Å². The van der Waals surface area contributed by atoms with Crippen LogP contribution in [0.2, 0.25) is 0 Å². The molecule has 0 aliphatic carbocycles. The summed E-state index contributed by atoms with van der Waals surface area (Å²) in [4.78, 5) is 15.6. The zero-order valence-electron chi connectivity index (χ0n) is 10.4. The second-order valence-electron chi connectivity index (χ2n) is 3.66. The Balaban J connectivity index is 2.50. The first kappa shape index (κ1) is 12.6. The SMILES string of the molecule is COc1ccc(OC)c(-c2csc(C(C)=O)n2)c1. The number of rotatable bonds is 4. The quantitative estimate of drug-likeness (QED) is 0.795. The van der Waals surface area contributed by atoms with Gasteiger partial charge in [0.2, 0.25) is 0 Å². The third-order valence-electron chi connectivity index (χ3n) is 2.49. The van der Waals surface area contributed by atoms with Crippen molar-refractivity contribution in [3.05, 3.63) is 28.6 Å². The van der Waals surface area contributed by atoms with Crippen molar-refractivity contribution in [1.29, 1.82) is 0 Å². The molecule has 1 aromatic carbocycles. The van der Waals surface area contributed by atoms with Gasteiger partial charge in [0, 0.05) is 17.9 Å². The highest BCUT2D eigenvalue weighted by molar-refractivity contribution is 7.12. The highest BCUT2D eigenvalue weighted by Crippen LogP contribution is 2.33. The van der Waals surface area contributed by atoms with Gasteiger partial charge in [-0.05, 0) is 18.2 Å². The van der Waals surface area contributed by atoms with Gasteiger partial charge in [-0.15, -0.1) is 11.3 Å². The number of hydrogen-bond donors (Lipinski definition) is 0. The second kappa shape index (κ2) is 5.18. The van der Waals surface area contributed by atoms with Crippen LogP contribution in [0.3, 0.4) is 0 Å². The van der Waals surface area contributed by atoms with E-state index < -0.39 is 0 Å². The van der Waals surface area contributed by atoms with E-state index in [1.54, 1.807) is 14.2 Å². The molecule has 0 saturated carbocycles. The summed E-state index contributed by atoms with van der Waals surface area (Å²) in [5, 5.41) is 2.34. The molecule has 5 heteroatoms. The molecule has 0 N–H and O–H groups in total. The first-order valence-corrected chi connectivity index (χ1v) is 6.22. The number of benzene rings is 1. The minimum atomic E-state index is -0.0342. The van der Waals surface area contributed by atoms with E-state index in [0.717, 1.165) is 17.0 Å². The Morgan fingerprint density at radius 2 is 2.06 bits per heavy atom. The number of ether oxygens (including phenoxy) is 2. The molecular weight excluding hydrogens is 250 g/mol. The van der Waals surface area contributed by atoms with Crippen LogP contribution < -0.4 is 9.47 Å². The summed E-state index contributed by atoms with van der Waals surface area (Å²) in [5.41, 5.74) is 1.54. The van der Waals surface area contributed by atoms with Crippen LogP contribution in [-0.4, -0.2) is 25.0 Å². The molecule has 0 atom stereocenters. The number of Topliss-reactive ketones (excluding diaryl/α,β-unsaturated/α-hetero) is 1. The number of thiazole rings is 1. The van der Waals surface area contributed by atoms with Gasteiger partial charge < -0.3 is 9.47 Å². The minimum Gasteiger partial charge on any atom is -0.497 e. The molecular formula is C13H13NO3S. The van der Waals surface area contributed by atoms with E-state index in [2.05, 4.69) is 4.98 Å². The topological polar surface area (TPSA) is 48.4 Å². The zero-order chi connectivity index (χ0) is 13.1. The van der Waals surface area contributed by atoms with E-state index >= 15 is 0 Å². The average Bonchev–Trinajstić information content (AvgIpc) is 2.87. The maximum Gasteiger partial charge on any atom is 0.188 e. The maximum absolute atomic E-state index is 11.3. The molecule has 0 aliphatic rings. The fourth-order valence-corrected chi connectivity index (χ4v) is 2.29. The van der Waals surface area contributed by atoms with Crippen LogP contribution in [0.1, 0.15) is 16.7 Å². The Morgan fingerprint density at radius 1 is 1.28 bits per heavy atom.